The van der Waals surface area contributed by atoms with Gasteiger partial charge in [0.05, 0.1) is 0 Å². The first-order chi connectivity index (χ1) is 7.41. The summed E-state index contributed by atoms with van der Waals surface area (Å²) in [5.41, 5.74) is 0.197. The number of benzene rings is 1. The zero-order valence-electron chi connectivity index (χ0n) is 9.06. The maximum Gasteiger partial charge on any atom is 0.251 e. The van der Waals surface area contributed by atoms with Crippen molar-refractivity contribution in [3.8, 4) is 0 Å². The first-order valence-corrected chi connectivity index (χ1v) is 5.68. The molecule has 1 fully saturated rings. The van der Waals surface area contributed by atoms with E-state index in [1.807, 2.05) is 6.92 Å². The van der Waals surface area contributed by atoms with Gasteiger partial charge in [0.15, 0.2) is 0 Å². The van der Waals surface area contributed by atoms with Crippen molar-refractivity contribution in [1.82, 2.24) is 5.32 Å². The van der Waals surface area contributed by atoms with E-state index >= 15 is 0 Å². The Morgan fingerprint density at radius 3 is 2.44 bits per heavy atom. The minimum absolute atomic E-state index is 0.0871. The van der Waals surface area contributed by atoms with Crippen LogP contribution < -0.4 is 5.32 Å². The summed E-state index contributed by atoms with van der Waals surface area (Å²) in [5.74, 6) is -2.58. The van der Waals surface area contributed by atoms with Crippen LogP contribution in [0.2, 0.25) is 5.02 Å². The van der Waals surface area contributed by atoms with Crippen molar-refractivity contribution in [2.75, 3.05) is 6.54 Å². The number of halogens is 3. The van der Waals surface area contributed by atoms with Gasteiger partial charge in [-0.05, 0) is 24.6 Å². The van der Waals surface area contributed by atoms with Crippen LogP contribution in [-0.4, -0.2) is 12.5 Å². The molecule has 0 bridgehead atoms. The molecule has 1 heterocycles. The summed E-state index contributed by atoms with van der Waals surface area (Å²) in [6, 6.07) is 7.07. The highest BCUT2D eigenvalue weighted by molar-refractivity contribution is 6.30. The lowest BCUT2D eigenvalue weighted by Crippen LogP contribution is -2.50. The van der Waals surface area contributed by atoms with Crippen LogP contribution in [-0.2, 0) is 5.54 Å². The number of alkyl halides is 2. The van der Waals surface area contributed by atoms with Crippen LogP contribution in [0.5, 0.6) is 0 Å². The van der Waals surface area contributed by atoms with Crippen LogP contribution in [0, 0.1) is 0 Å². The normalized spacial score (nSPS) is 29.0. The molecule has 4 heteroatoms. The Morgan fingerprint density at radius 1 is 1.25 bits per heavy atom. The number of rotatable bonds is 1. The third kappa shape index (κ3) is 2.36. The van der Waals surface area contributed by atoms with Gasteiger partial charge < -0.3 is 5.32 Å². The van der Waals surface area contributed by atoms with Gasteiger partial charge in [0, 0.05) is 29.9 Å². The number of hydrogen-bond donors (Lipinski definition) is 1. The second-order valence-corrected chi connectivity index (χ2v) is 4.98. The smallest absolute Gasteiger partial charge is 0.251 e. The van der Waals surface area contributed by atoms with E-state index in [1.54, 1.807) is 24.3 Å². The predicted molar refractivity (Wildman–Crippen MR) is 61.0 cm³/mol. The molecule has 1 N–H and O–H groups in total. The average molecular weight is 246 g/mol. The van der Waals surface area contributed by atoms with Gasteiger partial charge in [-0.3, -0.25) is 0 Å². The standard InChI is InChI=1S/C12H14ClF2N/c1-11(8-12(14,15)6-7-16-11)9-2-4-10(13)5-3-9/h2-5,16H,6-8H2,1H3. The van der Waals surface area contributed by atoms with Crippen LogP contribution in [0.4, 0.5) is 8.78 Å². The van der Waals surface area contributed by atoms with Crippen molar-refractivity contribution in [2.24, 2.45) is 0 Å². The molecule has 0 radical (unpaired) electrons. The first-order valence-electron chi connectivity index (χ1n) is 5.30. The van der Waals surface area contributed by atoms with E-state index in [9.17, 15) is 8.78 Å². The third-order valence-electron chi connectivity index (χ3n) is 3.10. The molecule has 1 unspecified atom stereocenters. The molecule has 0 spiro atoms. The van der Waals surface area contributed by atoms with E-state index in [0.29, 0.717) is 11.6 Å². The predicted octanol–water partition coefficient (Wildman–Crippen LogP) is 3.57. The molecule has 1 saturated heterocycles. The quantitative estimate of drug-likeness (QED) is 0.798. The van der Waals surface area contributed by atoms with Gasteiger partial charge in [0.25, 0.3) is 5.92 Å². The highest BCUT2D eigenvalue weighted by Crippen LogP contribution is 2.38. The summed E-state index contributed by atoms with van der Waals surface area (Å²) in [7, 11) is 0. The molecular formula is C12H14ClF2N. The van der Waals surface area contributed by atoms with Gasteiger partial charge in [-0.15, -0.1) is 0 Å². The Morgan fingerprint density at radius 2 is 1.88 bits per heavy atom. The van der Waals surface area contributed by atoms with Gasteiger partial charge >= 0.3 is 0 Å². The Bertz CT molecular complexity index is 377. The maximum absolute atomic E-state index is 13.4. The zero-order chi connectivity index (χ0) is 11.8. The Kier molecular flexibility index (Phi) is 2.93. The maximum atomic E-state index is 13.4. The monoisotopic (exact) mass is 245 g/mol. The topological polar surface area (TPSA) is 12.0 Å². The van der Waals surface area contributed by atoms with E-state index in [2.05, 4.69) is 5.32 Å². The molecule has 16 heavy (non-hydrogen) atoms. The van der Waals surface area contributed by atoms with Crippen LogP contribution in [0.15, 0.2) is 24.3 Å². The molecule has 0 amide bonds. The van der Waals surface area contributed by atoms with Crippen molar-refractivity contribution in [1.29, 1.82) is 0 Å². The van der Waals surface area contributed by atoms with Gasteiger partial charge in [0.1, 0.15) is 0 Å². The number of piperidine rings is 1. The van der Waals surface area contributed by atoms with Crippen molar-refractivity contribution in [3.63, 3.8) is 0 Å². The molecule has 0 aromatic heterocycles. The number of hydrogen-bond acceptors (Lipinski definition) is 1. The minimum Gasteiger partial charge on any atom is -0.307 e. The van der Waals surface area contributed by atoms with Gasteiger partial charge in [-0.25, -0.2) is 8.78 Å². The van der Waals surface area contributed by atoms with Gasteiger partial charge in [0.2, 0.25) is 0 Å². The Hall–Kier alpha value is -0.670. The Labute approximate surface area is 98.8 Å². The summed E-state index contributed by atoms with van der Waals surface area (Å²) < 4.78 is 26.8. The fourth-order valence-corrected chi connectivity index (χ4v) is 2.34. The van der Waals surface area contributed by atoms with Gasteiger partial charge in [-0.2, -0.15) is 0 Å². The second-order valence-electron chi connectivity index (χ2n) is 4.55. The summed E-state index contributed by atoms with van der Waals surface area (Å²) >= 11 is 5.78. The number of nitrogens with one attached hydrogen (secondary N) is 1. The van der Waals surface area contributed by atoms with E-state index < -0.39 is 11.5 Å². The summed E-state index contributed by atoms with van der Waals surface area (Å²) in [6.45, 7) is 2.15. The van der Waals surface area contributed by atoms with Crippen LogP contribution in [0.25, 0.3) is 0 Å². The highest BCUT2D eigenvalue weighted by Gasteiger charge is 2.43. The lowest BCUT2D eigenvalue weighted by atomic mass is 9.82. The van der Waals surface area contributed by atoms with E-state index in [1.165, 1.54) is 0 Å². The highest BCUT2D eigenvalue weighted by atomic mass is 35.5. The first kappa shape index (κ1) is 11.8. The minimum atomic E-state index is -2.58. The molecule has 0 aliphatic carbocycles. The SMILES string of the molecule is CC1(c2ccc(Cl)cc2)CC(F)(F)CCN1. The van der Waals surface area contributed by atoms with Crippen LogP contribution in [0.3, 0.4) is 0 Å². The zero-order valence-corrected chi connectivity index (χ0v) is 9.82. The molecule has 1 aliphatic heterocycles. The molecule has 88 valence electrons. The summed E-state index contributed by atoms with van der Waals surface area (Å²) in [6.07, 6.45) is -0.252. The van der Waals surface area contributed by atoms with Crippen LogP contribution >= 0.6 is 11.6 Å². The molecule has 1 aliphatic rings. The molecule has 0 saturated carbocycles. The van der Waals surface area contributed by atoms with E-state index in [4.69, 9.17) is 11.6 Å². The molecule has 1 nitrogen and oxygen atoms in total. The fraction of sp³-hybridized carbons (Fsp3) is 0.500. The largest absolute Gasteiger partial charge is 0.307 e. The van der Waals surface area contributed by atoms with E-state index in [0.717, 1.165) is 5.56 Å². The fourth-order valence-electron chi connectivity index (χ4n) is 2.21. The van der Waals surface area contributed by atoms with Crippen molar-refractivity contribution in [3.05, 3.63) is 34.9 Å². The molecule has 2 rings (SSSR count). The molecule has 1 aromatic rings. The summed E-state index contributed by atoms with van der Waals surface area (Å²) in [4.78, 5) is 0. The average Bonchev–Trinajstić information content (AvgIpc) is 2.16. The molecular weight excluding hydrogens is 232 g/mol. The van der Waals surface area contributed by atoms with Gasteiger partial charge in [-0.1, -0.05) is 23.7 Å². The van der Waals surface area contributed by atoms with Crippen molar-refractivity contribution >= 4 is 11.6 Å². The molecule has 1 atom stereocenters. The third-order valence-corrected chi connectivity index (χ3v) is 3.35. The summed E-state index contributed by atoms with van der Waals surface area (Å²) in [5, 5.41) is 3.78. The van der Waals surface area contributed by atoms with E-state index in [-0.39, 0.29) is 12.8 Å². The van der Waals surface area contributed by atoms with Crippen molar-refractivity contribution < 1.29 is 8.78 Å². The lowest BCUT2D eigenvalue weighted by molar-refractivity contribution is -0.0611. The lowest BCUT2D eigenvalue weighted by Gasteiger charge is -2.39. The van der Waals surface area contributed by atoms with Crippen LogP contribution in [0.1, 0.15) is 25.3 Å². The van der Waals surface area contributed by atoms with Crippen molar-refractivity contribution in [2.45, 2.75) is 31.2 Å². The molecule has 1 aromatic carbocycles. The Balaban J connectivity index is 2.27. The second kappa shape index (κ2) is 3.97.